The Morgan fingerprint density at radius 1 is 0.600 bits per heavy atom. The smallest absolute Gasteiger partial charge is 0.223 e. The summed E-state index contributed by atoms with van der Waals surface area (Å²) >= 11 is 22.2. The van der Waals surface area contributed by atoms with E-state index >= 15 is 0 Å². The van der Waals surface area contributed by atoms with Gasteiger partial charge in [-0.25, -0.2) is 19.5 Å². The van der Waals surface area contributed by atoms with Gasteiger partial charge in [-0.05, 0) is 26.0 Å². The van der Waals surface area contributed by atoms with Gasteiger partial charge >= 0.3 is 0 Å². The molecule has 0 saturated heterocycles. The van der Waals surface area contributed by atoms with Gasteiger partial charge in [0.15, 0.2) is 0 Å². The van der Waals surface area contributed by atoms with E-state index in [1.807, 2.05) is 6.92 Å². The molecule has 3 rings (SSSR count). The monoisotopic (exact) mass is 476 g/mol. The van der Waals surface area contributed by atoms with Crippen LogP contribution in [0.3, 0.4) is 0 Å². The average molecular weight is 478 g/mol. The van der Waals surface area contributed by atoms with E-state index in [9.17, 15) is 0 Å². The van der Waals surface area contributed by atoms with Gasteiger partial charge in [0.1, 0.15) is 20.6 Å². The van der Waals surface area contributed by atoms with Gasteiger partial charge in [-0.15, -0.1) is 0 Å². The van der Waals surface area contributed by atoms with Crippen LogP contribution in [0.5, 0.6) is 0 Å². The summed E-state index contributed by atoms with van der Waals surface area (Å²) in [5.41, 5.74) is 2.81. The van der Waals surface area contributed by atoms with Gasteiger partial charge < -0.3 is 0 Å². The first-order valence-corrected chi connectivity index (χ1v) is 9.43. The summed E-state index contributed by atoms with van der Waals surface area (Å²) in [4.78, 5) is 21.0. The second-order valence-electron chi connectivity index (χ2n) is 5.28. The fourth-order valence-corrected chi connectivity index (χ4v) is 2.55. The Morgan fingerprint density at radius 2 is 1.03 bits per heavy atom. The van der Waals surface area contributed by atoms with Gasteiger partial charge in [0.05, 0.1) is 19.7 Å². The Balaban J connectivity index is 0.000000225. The van der Waals surface area contributed by atoms with Crippen LogP contribution in [0.2, 0.25) is 20.6 Å². The van der Waals surface area contributed by atoms with Crippen LogP contribution in [0.15, 0.2) is 36.4 Å². The molecule has 0 N–H and O–H groups in total. The number of rotatable bonds is 0. The lowest BCUT2D eigenvalue weighted by Gasteiger charge is -1.94. The maximum absolute atomic E-state index is 6.70. The maximum Gasteiger partial charge on any atom is 0.223 e. The van der Waals surface area contributed by atoms with Crippen LogP contribution in [0.4, 0.5) is 17.1 Å². The Bertz CT molecular complexity index is 1010. The Hall–Kier alpha value is -2.92. The number of pyridine rings is 3. The van der Waals surface area contributed by atoms with Crippen molar-refractivity contribution in [1.29, 1.82) is 0 Å². The molecule has 0 aliphatic rings. The highest BCUT2D eigenvalue weighted by Crippen LogP contribution is 2.24. The molecule has 0 radical (unpaired) electrons. The maximum atomic E-state index is 6.70. The molecule has 3 aromatic heterocycles. The Morgan fingerprint density at radius 3 is 1.47 bits per heavy atom. The highest BCUT2D eigenvalue weighted by atomic mass is 35.5. The van der Waals surface area contributed by atoms with Crippen molar-refractivity contribution < 1.29 is 0 Å². The molecule has 10 heteroatoms. The second kappa shape index (κ2) is 12.6. The highest BCUT2D eigenvalue weighted by molar-refractivity contribution is 6.34. The molecule has 0 aliphatic heterocycles. The van der Waals surface area contributed by atoms with E-state index in [1.165, 1.54) is 12.1 Å². The molecule has 0 saturated carbocycles. The van der Waals surface area contributed by atoms with Crippen LogP contribution < -0.4 is 0 Å². The lowest BCUT2D eigenvalue weighted by molar-refractivity contribution is 1.21. The van der Waals surface area contributed by atoms with E-state index in [2.05, 4.69) is 29.5 Å². The van der Waals surface area contributed by atoms with Gasteiger partial charge in [0.25, 0.3) is 0 Å². The van der Waals surface area contributed by atoms with E-state index in [0.717, 1.165) is 5.69 Å². The Labute approximate surface area is 194 Å². The lowest BCUT2D eigenvalue weighted by atomic mass is 10.3. The van der Waals surface area contributed by atoms with Crippen molar-refractivity contribution in [3.05, 3.63) is 103 Å². The van der Waals surface area contributed by atoms with Crippen LogP contribution in [-0.2, 0) is 0 Å². The van der Waals surface area contributed by atoms with Crippen LogP contribution in [-0.4, -0.2) is 15.0 Å². The minimum atomic E-state index is 0.155. The van der Waals surface area contributed by atoms with Crippen molar-refractivity contribution in [2.75, 3.05) is 0 Å². The van der Waals surface area contributed by atoms with Gasteiger partial charge in [-0.1, -0.05) is 70.7 Å². The van der Waals surface area contributed by atoms with E-state index in [-0.39, 0.29) is 10.3 Å². The summed E-state index contributed by atoms with van der Waals surface area (Å²) in [7, 11) is 0. The summed E-state index contributed by atoms with van der Waals surface area (Å²) in [6, 6.07) is 9.77. The predicted molar refractivity (Wildman–Crippen MR) is 121 cm³/mol. The van der Waals surface area contributed by atoms with E-state index < -0.39 is 0 Å². The summed E-state index contributed by atoms with van der Waals surface area (Å²) in [6.45, 7) is 23.6. The molecule has 0 aromatic carbocycles. The number of hydrogen-bond acceptors (Lipinski definition) is 3. The van der Waals surface area contributed by atoms with E-state index in [1.54, 1.807) is 31.2 Å². The zero-order valence-corrected chi connectivity index (χ0v) is 18.7. The van der Waals surface area contributed by atoms with Gasteiger partial charge in [-0.2, -0.15) is 0 Å². The van der Waals surface area contributed by atoms with Crippen molar-refractivity contribution in [3.8, 4) is 0 Å². The van der Waals surface area contributed by atoms with Crippen LogP contribution in [0.25, 0.3) is 14.5 Å². The average Bonchev–Trinajstić information content (AvgIpc) is 2.69. The molecule has 3 aromatic rings. The zero-order chi connectivity index (χ0) is 22.7. The lowest BCUT2D eigenvalue weighted by Crippen LogP contribution is -1.79. The third-order valence-electron chi connectivity index (χ3n) is 3.15. The van der Waals surface area contributed by atoms with Crippen molar-refractivity contribution in [3.63, 3.8) is 0 Å². The Kier molecular flexibility index (Phi) is 10.6. The van der Waals surface area contributed by atoms with E-state index in [0.29, 0.717) is 33.1 Å². The fraction of sp³-hybridized carbons (Fsp3) is 0.100. The number of aromatic nitrogens is 3. The van der Waals surface area contributed by atoms with Crippen LogP contribution in [0, 0.1) is 33.6 Å². The molecule has 0 aliphatic carbocycles. The largest absolute Gasteiger partial charge is 0.253 e. The standard InChI is InChI=1S/2C7H5ClN2.C6H2Cl2N2/c1-5-6(9-2)3-4-7(8)10-5;1-5-3-4-6(9-2)7(8)10-5;1-9-4-2-3-5(7)10-6(4)8/h2*3-4H,1H3;2-3H. The normalized spacial score (nSPS) is 8.90. The minimum Gasteiger partial charge on any atom is -0.253 e. The van der Waals surface area contributed by atoms with E-state index in [4.69, 9.17) is 66.1 Å². The molecular formula is C20H12Cl4N6. The van der Waals surface area contributed by atoms with Crippen LogP contribution >= 0.6 is 46.4 Å². The third kappa shape index (κ3) is 8.21. The quantitative estimate of drug-likeness (QED) is 0.242. The topological polar surface area (TPSA) is 51.8 Å². The van der Waals surface area contributed by atoms with Crippen molar-refractivity contribution in [2.24, 2.45) is 0 Å². The molecule has 0 bridgehead atoms. The molecule has 0 amide bonds. The first kappa shape index (κ1) is 25.1. The zero-order valence-electron chi connectivity index (χ0n) is 15.7. The number of halogens is 4. The highest BCUT2D eigenvalue weighted by Gasteiger charge is 2.00. The summed E-state index contributed by atoms with van der Waals surface area (Å²) < 4.78 is 0. The van der Waals surface area contributed by atoms with Crippen molar-refractivity contribution >= 4 is 63.5 Å². The van der Waals surface area contributed by atoms with Crippen LogP contribution in [0.1, 0.15) is 11.4 Å². The van der Waals surface area contributed by atoms with Gasteiger partial charge in [0, 0.05) is 11.4 Å². The van der Waals surface area contributed by atoms with Crippen molar-refractivity contribution in [1.82, 2.24) is 15.0 Å². The fourth-order valence-electron chi connectivity index (χ4n) is 1.73. The van der Waals surface area contributed by atoms with Gasteiger partial charge in [0.2, 0.25) is 17.1 Å². The number of hydrogen-bond donors (Lipinski definition) is 0. The molecule has 6 nitrogen and oxygen atoms in total. The summed E-state index contributed by atoms with van der Waals surface area (Å²) in [5.74, 6) is 0. The third-order valence-corrected chi connectivity index (χ3v) is 4.13. The van der Waals surface area contributed by atoms with Gasteiger partial charge in [-0.3, -0.25) is 9.97 Å². The predicted octanol–water partition coefficient (Wildman–Crippen LogP) is 8.13. The molecule has 150 valence electrons. The summed E-state index contributed by atoms with van der Waals surface area (Å²) in [6.07, 6.45) is 0. The minimum absolute atomic E-state index is 0.155. The first-order valence-electron chi connectivity index (χ1n) is 7.92. The number of aryl methyl sites for hydroxylation is 2. The molecule has 0 spiro atoms. The van der Waals surface area contributed by atoms with Crippen molar-refractivity contribution in [2.45, 2.75) is 13.8 Å². The number of nitrogens with zero attached hydrogens (tertiary/aromatic N) is 6. The first-order chi connectivity index (χ1) is 14.2. The second-order valence-corrected chi connectivity index (χ2v) is 6.77. The SMILES string of the molecule is [C-]#[N+]c1ccc(C)nc1Cl.[C-]#[N+]c1ccc(Cl)nc1C.[C-]#[N+]c1ccc(Cl)nc1Cl. The summed E-state index contributed by atoms with van der Waals surface area (Å²) in [5, 5.41) is 1.18. The molecule has 0 fully saturated rings. The molecular weight excluding hydrogens is 466 g/mol. The molecule has 30 heavy (non-hydrogen) atoms. The molecule has 0 unspecified atom stereocenters. The molecule has 0 atom stereocenters. The molecule has 3 heterocycles.